The maximum absolute atomic E-state index is 13.3. The molecule has 1 unspecified atom stereocenters. The number of carbonyl (C=O) groups is 1. The zero-order chi connectivity index (χ0) is 17.3. The van der Waals surface area contributed by atoms with E-state index >= 15 is 0 Å². The number of para-hydroxylation sites is 1. The number of hydrazone groups is 1. The molecule has 1 heterocycles. The summed E-state index contributed by atoms with van der Waals surface area (Å²) in [5.74, 6) is -0.728. The maximum Gasteiger partial charge on any atom is 0.432 e. The number of benzene rings is 2. The van der Waals surface area contributed by atoms with Gasteiger partial charge in [0.2, 0.25) is 0 Å². The predicted molar refractivity (Wildman–Crippen MR) is 88.5 cm³/mol. The van der Waals surface area contributed by atoms with E-state index in [1.807, 2.05) is 0 Å². The van der Waals surface area contributed by atoms with Crippen LogP contribution in [0.5, 0.6) is 0 Å². The fraction of sp³-hybridized carbons (Fsp3) is 0.125. The molecule has 124 valence electrons. The quantitative estimate of drug-likeness (QED) is 0.780. The van der Waals surface area contributed by atoms with E-state index in [1.165, 1.54) is 12.1 Å². The standard InChI is InChI=1S/C16H10ClF3N2OS/c17-10-6-8-12(9-7-10)24-13-14(16(18,19)20)21-22(15(13)23)11-4-2-1-3-5-11/h1-9,13H. The smallest absolute Gasteiger partial charge is 0.271 e. The van der Waals surface area contributed by atoms with Gasteiger partial charge in [0.05, 0.1) is 5.69 Å². The Kier molecular flexibility index (Phi) is 4.56. The molecule has 2 aromatic rings. The van der Waals surface area contributed by atoms with E-state index in [0.29, 0.717) is 15.6 Å². The molecule has 8 heteroatoms. The number of amides is 1. The van der Waals surface area contributed by atoms with Gasteiger partial charge in [0.1, 0.15) is 5.25 Å². The van der Waals surface area contributed by atoms with Gasteiger partial charge in [0.25, 0.3) is 5.91 Å². The lowest BCUT2D eigenvalue weighted by Gasteiger charge is -2.14. The van der Waals surface area contributed by atoms with Gasteiger partial charge in [-0.3, -0.25) is 4.79 Å². The molecule has 1 aliphatic rings. The highest BCUT2D eigenvalue weighted by molar-refractivity contribution is 8.01. The summed E-state index contributed by atoms with van der Waals surface area (Å²) in [5.41, 5.74) is -0.820. The summed E-state index contributed by atoms with van der Waals surface area (Å²) in [5, 5.41) is 3.35. The molecule has 0 saturated carbocycles. The summed E-state index contributed by atoms with van der Waals surface area (Å²) in [6.07, 6.45) is -4.69. The molecule has 0 spiro atoms. The van der Waals surface area contributed by atoms with Crippen LogP contribution in [0, 0.1) is 0 Å². The van der Waals surface area contributed by atoms with Crippen molar-refractivity contribution in [3.63, 3.8) is 0 Å². The van der Waals surface area contributed by atoms with Gasteiger partial charge in [-0.25, -0.2) is 0 Å². The van der Waals surface area contributed by atoms with E-state index in [0.717, 1.165) is 16.8 Å². The van der Waals surface area contributed by atoms with Crippen molar-refractivity contribution in [1.29, 1.82) is 0 Å². The Labute approximate surface area is 145 Å². The van der Waals surface area contributed by atoms with Gasteiger partial charge in [-0.05, 0) is 36.4 Å². The fourth-order valence-electron chi connectivity index (χ4n) is 2.15. The first-order chi connectivity index (χ1) is 11.4. The second-order valence-electron chi connectivity index (χ2n) is 4.92. The minimum atomic E-state index is -4.69. The lowest BCUT2D eigenvalue weighted by molar-refractivity contribution is -0.117. The van der Waals surface area contributed by atoms with Crippen LogP contribution in [0.25, 0.3) is 0 Å². The van der Waals surface area contributed by atoms with Gasteiger partial charge in [0.15, 0.2) is 5.71 Å². The van der Waals surface area contributed by atoms with Gasteiger partial charge < -0.3 is 0 Å². The number of hydrogen-bond donors (Lipinski definition) is 0. The van der Waals surface area contributed by atoms with Crippen LogP contribution in [0.15, 0.2) is 64.6 Å². The van der Waals surface area contributed by atoms with Crippen molar-refractivity contribution < 1.29 is 18.0 Å². The van der Waals surface area contributed by atoms with E-state index in [4.69, 9.17) is 11.6 Å². The Hall–Kier alpha value is -1.99. The van der Waals surface area contributed by atoms with Gasteiger partial charge in [0, 0.05) is 9.92 Å². The molecule has 3 nitrogen and oxygen atoms in total. The maximum atomic E-state index is 13.3. The van der Waals surface area contributed by atoms with Crippen LogP contribution >= 0.6 is 23.4 Å². The third kappa shape index (κ3) is 3.42. The summed E-state index contributed by atoms with van der Waals surface area (Å²) < 4.78 is 39.9. The average Bonchev–Trinajstić information content (AvgIpc) is 2.88. The first-order valence-corrected chi connectivity index (χ1v) is 8.09. The average molecular weight is 371 g/mol. The lowest BCUT2D eigenvalue weighted by atomic mass is 10.2. The number of halogens is 4. The summed E-state index contributed by atoms with van der Waals surface area (Å²) >= 11 is 6.57. The minimum Gasteiger partial charge on any atom is -0.271 e. The van der Waals surface area contributed by atoms with Crippen LogP contribution in [0.1, 0.15) is 0 Å². The summed E-state index contributed by atoms with van der Waals surface area (Å²) in [6.45, 7) is 0. The minimum absolute atomic E-state index is 0.295. The third-order valence-electron chi connectivity index (χ3n) is 3.25. The zero-order valence-corrected chi connectivity index (χ0v) is 13.6. The Morgan fingerprint density at radius 1 is 1.04 bits per heavy atom. The summed E-state index contributed by atoms with van der Waals surface area (Å²) in [4.78, 5) is 13.0. The molecule has 0 radical (unpaired) electrons. The van der Waals surface area contributed by atoms with Crippen LogP contribution in [0.3, 0.4) is 0 Å². The van der Waals surface area contributed by atoms with Crippen molar-refractivity contribution in [2.75, 3.05) is 5.01 Å². The second-order valence-corrected chi connectivity index (χ2v) is 6.54. The van der Waals surface area contributed by atoms with Crippen molar-refractivity contribution >= 4 is 40.7 Å². The normalized spacial score (nSPS) is 18.0. The number of thioether (sulfide) groups is 1. The predicted octanol–water partition coefficient (Wildman–Crippen LogP) is 4.77. The Morgan fingerprint density at radius 2 is 1.67 bits per heavy atom. The highest BCUT2D eigenvalue weighted by Crippen LogP contribution is 2.37. The summed E-state index contributed by atoms with van der Waals surface area (Å²) in [6, 6.07) is 14.3. The molecule has 1 amide bonds. The SMILES string of the molecule is O=C1C(Sc2ccc(Cl)cc2)C(C(F)(F)F)=NN1c1ccccc1. The van der Waals surface area contributed by atoms with Crippen molar-refractivity contribution in [1.82, 2.24) is 0 Å². The van der Waals surface area contributed by atoms with Crippen molar-refractivity contribution in [3.8, 4) is 0 Å². The van der Waals surface area contributed by atoms with Crippen LogP contribution < -0.4 is 5.01 Å². The molecule has 2 aromatic carbocycles. The number of alkyl halides is 3. The number of nitrogens with zero attached hydrogens (tertiary/aromatic N) is 2. The molecule has 0 saturated heterocycles. The second kappa shape index (κ2) is 6.49. The Balaban J connectivity index is 1.94. The molecule has 1 atom stereocenters. The van der Waals surface area contributed by atoms with E-state index in [1.54, 1.807) is 42.5 Å². The van der Waals surface area contributed by atoms with E-state index < -0.39 is 23.0 Å². The van der Waals surface area contributed by atoms with Crippen LogP contribution in [-0.4, -0.2) is 23.0 Å². The van der Waals surface area contributed by atoms with Crippen molar-refractivity contribution in [2.45, 2.75) is 16.3 Å². The molecule has 0 fully saturated rings. The first-order valence-electron chi connectivity index (χ1n) is 6.83. The summed E-state index contributed by atoms with van der Waals surface area (Å²) in [7, 11) is 0. The molecule has 0 N–H and O–H groups in total. The largest absolute Gasteiger partial charge is 0.432 e. The van der Waals surface area contributed by atoms with E-state index in [2.05, 4.69) is 5.10 Å². The van der Waals surface area contributed by atoms with Crippen molar-refractivity contribution in [3.05, 3.63) is 59.6 Å². The van der Waals surface area contributed by atoms with Gasteiger partial charge >= 0.3 is 6.18 Å². The van der Waals surface area contributed by atoms with Crippen LogP contribution in [0.2, 0.25) is 5.02 Å². The van der Waals surface area contributed by atoms with Crippen LogP contribution in [-0.2, 0) is 4.79 Å². The number of rotatable bonds is 3. The molecular formula is C16H10ClF3N2OS. The molecule has 1 aliphatic heterocycles. The number of anilines is 1. The molecular weight excluding hydrogens is 361 g/mol. The molecule has 24 heavy (non-hydrogen) atoms. The van der Waals surface area contributed by atoms with Gasteiger partial charge in [-0.1, -0.05) is 29.8 Å². The van der Waals surface area contributed by atoms with Gasteiger partial charge in [-0.2, -0.15) is 23.3 Å². The Morgan fingerprint density at radius 3 is 2.25 bits per heavy atom. The molecule has 0 bridgehead atoms. The van der Waals surface area contributed by atoms with Gasteiger partial charge in [-0.15, -0.1) is 11.8 Å². The first kappa shape index (κ1) is 16.9. The molecule has 3 rings (SSSR count). The monoisotopic (exact) mass is 370 g/mol. The molecule has 0 aliphatic carbocycles. The van der Waals surface area contributed by atoms with E-state index in [-0.39, 0.29) is 0 Å². The molecule has 0 aromatic heterocycles. The third-order valence-corrected chi connectivity index (χ3v) is 4.70. The fourth-order valence-corrected chi connectivity index (χ4v) is 3.34. The number of carbonyl (C=O) groups excluding carboxylic acids is 1. The lowest BCUT2D eigenvalue weighted by Crippen LogP contribution is -2.35. The van der Waals surface area contributed by atoms with Crippen molar-refractivity contribution in [2.24, 2.45) is 5.10 Å². The Bertz CT molecular complexity index is 778. The van der Waals surface area contributed by atoms with Crippen LogP contribution in [0.4, 0.5) is 18.9 Å². The topological polar surface area (TPSA) is 32.7 Å². The highest BCUT2D eigenvalue weighted by Gasteiger charge is 2.50. The number of hydrogen-bond acceptors (Lipinski definition) is 3. The highest BCUT2D eigenvalue weighted by atomic mass is 35.5. The van der Waals surface area contributed by atoms with E-state index in [9.17, 15) is 18.0 Å². The zero-order valence-electron chi connectivity index (χ0n) is 12.0.